The van der Waals surface area contributed by atoms with Crippen LogP contribution in [0.2, 0.25) is 5.02 Å². The lowest BCUT2D eigenvalue weighted by Gasteiger charge is -2.29. The summed E-state index contributed by atoms with van der Waals surface area (Å²) in [5.74, 6) is -0.329. The Balaban J connectivity index is 2.18. The Hall–Kier alpha value is -0.680. The monoisotopic (exact) mass is 244 g/mol. The minimum Gasteiger partial charge on any atom is -0.378 e. The van der Waals surface area contributed by atoms with Crippen molar-refractivity contribution in [2.24, 2.45) is 5.73 Å². The Morgan fingerprint density at radius 2 is 2.38 bits per heavy atom. The number of rotatable bonds is 2. The molecule has 3 nitrogen and oxygen atoms in total. The van der Waals surface area contributed by atoms with Crippen molar-refractivity contribution in [2.45, 2.75) is 12.1 Å². The third-order valence-electron chi connectivity index (χ3n) is 2.70. The normalized spacial score (nSPS) is 23.1. The molecule has 0 radical (unpaired) electrons. The Bertz CT molecular complexity index is 369. The van der Waals surface area contributed by atoms with Crippen LogP contribution in [0.5, 0.6) is 0 Å². The van der Waals surface area contributed by atoms with Crippen molar-refractivity contribution in [2.75, 3.05) is 19.8 Å². The summed E-state index contributed by atoms with van der Waals surface area (Å²) >= 11 is 5.83. The molecular weight excluding hydrogens is 231 g/mol. The van der Waals surface area contributed by atoms with Crippen LogP contribution in [0.3, 0.4) is 0 Å². The SMILES string of the molecule is NC(c1cc(Cl)ccc1F)C1COCCN1. The molecular formula is C11H14ClFN2O. The molecule has 1 aromatic carbocycles. The fourth-order valence-corrected chi connectivity index (χ4v) is 1.98. The van der Waals surface area contributed by atoms with Gasteiger partial charge in [-0.2, -0.15) is 0 Å². The van der Waals surface area contributed by atoms with Crippen molar-refractivity contribution in [3.63, 3.8) is 0 Å². The van der Waals surface area contributed by atoms with Gasteiger partial charge in [-0.1, -0.05) is 11.6 Å². The second-order valence-corrected chi connectivity index (χ2v) is 4.26. The van der Waals surface area contributed by atoms with E-state index in [1.165, 1.54) is 12.1 Å². The van der Waals surface area contributed by atoms with E-state index in [2.05, 4.69) is 5.32 Å². The molecule has 1 aromatic rings. The molecule has 1 fully saturated rings. The number of ether oxygens (including phenoxy) is 1. The van der Waals surface area contributed by atoms with Gasteiger partial charge in [0.1, 0.15) is 5.82 Å². The van der Waals surface area contributed by atoms with Crippen LogP contribution in [0.4, 0.5) is 4.39 Å². The van der Waals surface area contributed by atoms with E-state index in [1.54, 1.807) is 6.07 Å². The molecule has 16 heavy (non-hydrogen) atoms. The van der Waals surface area contributed by atoms with Gasteiger partial charge in [-0.3, -0.25) is 0 Å². The van der Waals surface area contributed by atoms with Crippen LogP contribution < -0.4 is 11.1 Å². The summed E-state index contributed by atoms with van der Waals surface area (Å²) in [7, 11) is 0. The summed E-state index contributed by atoms with van der Waals surface area (Å²) in [6.07, 6.45) is 0. The molecule has 0 bridgehead atoms. The maximum Gasteiger partial charge on any atom is 0.128 e. The topological polar surface area (TPSA) is 47.3 Å². The Morgan fingerprint density at radius 3 is 3.06 bits per heavy atom. The summed E-state index contributed by atoms with van der Waals surface area (Å²) in [6.45, 7) is 1.90. The molecule has 1 heterocycles. The van der Waals surface area contributed by atoms with Crippen molar-refractivity contribution in [1.29, 1.82) is 0 Å². The molecule has 0 spiro atoms. The fourth-order valence-electron chi connectivity index (χ4n) is 1.80. The summed E-state index contributed by atoms with van der Waals surface area (Å²) in [4.78, 5) is 0. The molecule has 2 unspecified atom stereocenters. The third-order valence-corrected chi connectivity index (χ3v) is 2.94. The van der Waals surface area contributed by atoms with Gasteiger partial charge in [0, 0.05) is 23.2 Å². The molecule has 5 heteroatoms. The van der Waals surface area contributed by atoms with Crippen molar-refractivity contribution in [3.05, 3.63) is 34.6 Å². The van der Waals surface area contributed by atoms with E-state index in [4.69, 9.17) is 22.1 Å². The predicted molar refractivity (Wildman–Crippen MR) is 60.9 cm³/mol. The Kier molecular flexibility index (Phi) is 3.76. The lowest BCUT2D eigenvalue weighted by Crippen LogP contribution is -2.47. The highest BCUT2D eigenvalue weighted by Gasteiger charge is 2.24. The highest BCUT2D eigenvalue weighted by atomic mass is 35.5. The zero-order valence-electron chi connectivity index (χ0n) is 8.75. The molecule has 1 aliphatic heterocycles. The van der Waals surface area contributed by atoms with E-state index >= 15 is 0 Å². The quantitative estimate of drug-likeness (QED) is 0.828. The molecule has 0 aromatic heterocycles. The number of nitrogens with one attached hydrogen (secondary N) is 1. The lowest BCUT2D eigenvalue weighted by molar-refractivity contribution is 0.0681. The van der Waals surface area contributed by atoms with Gasteiger partial charge < -0.3 is 15.8 Å². The van der Waals surface area contributed by atoms with Crippen molar-refractivity contribution < 1.29 is 9.13 Å². The van der Waals surface area contributed by atoms with Crippen molar-refractivity contribution in [1.82, 2.24) is 5.32 Å². The number of halogens is 2. The first-order chi connectivity index (χ1) is 7.68. The van der Waals surface area contributed by atoms with Gasteiger partial charge in [0.05, 0.1) is 19.3 Å². The molecule has 2 atom stereocenters. The van der Waals surface area contributed by atoms with Crippen LogP contribution in [0.15, 0.2) is 18.2 Å². The van der Waals surface area contributed by atoms with Crippen molar-refractivity contribution >= 4 is 11.6 Å². The summed E-state index contributed by atoms with van der Waals surface area (Å²) < 4.78 is 18.9. The van der Waals surface area contributed by atoms with Crippen LogP contribution in [-0.2, 0) is 4.74 Å². The largest absolute Gasteiger partial charge is 0.378 e. The summed E-state index contributed by atoms with van der Waals surface area (Å²) in [6, 6.07) is 3.90. The van der Waals surface area contributed by atoms with Gasteiger partial charge in [0.2, 0.25) is 0 Å². The zero-order chi connectivity index (χ0) is 11.5. The van der Waals surface area contributed by atoms with Gasteiger partial charge in [0.25, 0.3) is 0 Å². The number of morpholine rings is 1. The van der Waals surface area contributed by atoms with Crippen LogP contribution in [0.25, 0.3) is 0 Å². The molecule has 88 valence electrons. The van der Waals surface area contributed by atoms with E-state index in [0.29, 0.717) is 23.8 Å². The lowest BCUT2D eigenvalue weighted by atomic mass is 9.99. The van der Waals surface area contributed by atoms with Crippen LogP contribution in [0.1, 0.15) is 11.6 Å². The second-order valence-electron chi connectivity index (χ2n) is 3.83. The van der Waals surface area contributed by atoms with E-state index in [0.717, 1.165) is 6.54 Å². The van der Waals surface area contributed by atoms with Crippen LogP contribution in [-0.4, -0.2) is 25.8 Å². The summed E-state index contributed by atoms with van der Waals surface area (Å²) in [5, 5.41) is 3.69. The van der Waals surface area contributed by atoms with Gasteiger partial charge >= 0.3 is 0 Å². The zero-order valence-corrected chi connectivity index (χ0v) is 9.51. The van der Waals surface area contributed by atoms with Gasteiger partial charge in [-0.05, 0) is 18.2 Å². The minimum atomic E-state index is -0.445. The average molecular weight is 245 g/mol. The maximum absolute atomic E-state index is 13.6. The van der Waals surface area contributed by atoms with E-state index in [1.807, 2.05) is 0 Å². The number of hydrogen-bond donors (Lipinski definition) is 2. The first-order valence-corrected chi connectivity index (χ1v) is 5.58. The average Bonchev–Trinajstić information content (AvgIpc) is 2.32. The Labute approximate surface area is 98.7 Å². The standard InChI is InChI=1S/C11H14ClFN2O/c12-7-1-2-9(13)8(5-7)11(14)10-6-16-4-3-15-10/h1-2,5,10-11,15H,3-4,6,14H2. The number of benzene rings is 1. The first-order valence-electron chi connectivity index (χ1n) is 5.20. The highest BCUT2D eigenvalue weighted by Crippen LogP contribution is 2.22. The second kappa shape index (κ2) is 5.10. The molecule has 2 rings (SSSR count). The fraction of sp³-hybridized carbons (Fsp3) is 0.455. The van der Waals surface area contributed by atoms with E-state index in [-0.39, 0.29) is 11.9 Å². The molecule has 0 aliphatic carbocycles. The molecule has 1 aliphatic rings. The maximum atomic E-state index is 13.6. The molecule has 1 saturated heterocycles. The third kappa shape index (κ3) is 2.52. The predicted octanol–water partition coefficient (Wildman–Crippen LogP) is 1.47. The van der Waals surface area contributed by atoms with Crippen molar-refractivity contribution in [3.8, 4) is 0 Å². The van der Waals surface area contributed by atoms with E-state index in [9.17, 15) is 4.39 Å². The van der Waals surface area contributed by atoms with Gasteiger partial charge in [-0.15, -0.1) is 0 Å². The highest BCUT2D eigenvalue weighted by molar-refractivity contribution is 6.30. The number of nitrogens with two attached hydrogens (primary N) is 1. The molecule has 0 saturated carbocycles. The Morgan fingerprint density at radius 1 is 1.56 bits per heavy atom. The smallest absolute Gasteiger partial charge is 0.128 e. The van der Waals surface area contributed by atoms with Gasteiger partial charge in [0.15, 0.2) is 0 Å². The van der Waals surface area contributed by atoms with Gasteiger partial charge in [-0.25, -0.2) is 4.39 Å². The van der Waals surface area contributed by atoms with E-state index < -0.39 is 6.04 Å². The van der Waals surface area contributed by atoms with Crippen LogP contribution in [0, 0.1) is 5.82 Å². The van der Waals surface area contributed by atoms with Crippen LogP contribution >= 0.6 is 11.6 Å². The minimum absolute atomic E-state index is 0.0679. The summed E-state index contributed by atoms with van der Waals surface area (Å²) in [5.41, 5.74) is 6.42. The molecule has 0 amide bonds. The molecule has 3 N–H and O–H groups in total. The number of hydrogen-bond acceptors (Lipinski definition) is 3. The first kappa shape index (κ1) is 11.8.